The molecular formula is C17H23NO2. The predicted molar refractivity (Wildman–Crippen MR) is 82.4 cm³/mol. The number of aliphatic hydroxyl groups is 1. The third-order valence-corrected chi connectivity index (χ3v) is 3.37. The van der Waals surface area contributed by atoms with Crippen molar-refractivity contribution < 1.29 is 9.90 Å². The Labute approximate surface area is 121 Å². The summed E-state index contributed by atoms with van der Waals surface area (Å²) in [4.78, 5) is 12.0. The lowest BCUT2D eigenvalue weighted by Crippen LogP contribution is -2.24. The lowest BCUT2D eigenvalue weighted by atomic mass is 9.97. The van der Waals surface area contributed by atoms with Crippen molar-refractivity contribution in [2.75, 3.05) is 11.9 Å². The van der Waals surface area contributed by atoms with Gasteiger partial charge in [-0.15, -0.1) is 0 Å². The monoisotopic (exact) mass is 273 g/mol. The van der Waals surface area contributed by atoms with E-state index in [4.69, 9.17) is 5.11 Å². The normalized spacial score (nSPS) is 11.7. The summed E-state index contributed by atoms with van der Waals surface area (Å²) in [7, 11) is 0. The van der Waals surface area contributed by atoms with Crippen molar-refractivity contribution in [3.8, 4) is 11.8 Å². The number of hydrogen-bond donors (Lipinski definition) is 2. The molecule has 0 spiro atoms. The molecule has 0 radical (unpaired) electrons. The Hall–Kier alpha value is -1.79. The standard InChI is InChI=1S/C17H23NO2/c1-12(2)14(4)17(20)18-16-9-8-15(11-13(16)3)7-5-6-10-19/h8-9,11-12,14,19H,6,10H2,1-4H3,(H,18,20). The minimum atomic E-state index is -0.0153. The van der Waals surface area contributed by atoms with Gasteiger partial charge >= 0.3 is 0 Å². The molecule has 0 aliphatic carbocycles. The van der Waals surface area contributed by atoms with Crippen molar-refractivity contribution >= 4 is 11.6 Å². The molecule has 20 heavy (non-hydrogen) atoms. The maximum atomic E-state index is 12.0. The lowest BCUT2D eigenvalue weighted by molar-refractivity contribution is -0.120. The number of rotatable bonds is 4. The van der Waals surface area contributed by atoms with Gasteiger partial charge in [-0.25, -0.2) is 0 Å². The lowest BCUT2D eigenvalue weighted by Gasteiger charge is -2.16. The smallest absolute Gasteiger partial charge is 0.227 e. The summed E-state index contributed by atoms with van der Waals surface area (Å²) in [6, 6.07) is 5.70. The molecule has 1 atom stereocenters. The molecule has 0 aliphatic heterocycles. The van der Waals surface area contributed by atoms with Crippen molar-refractivity contribution in [3.05, 3.63) is 29.3 Å². The van der Waals surface area contributed by atoms with Gasteiger partial charge in [-0.2, -0.15) is 0 Å². The van der Waals surface area contributed by atoms with Crippen LogP contribution in [0.5, 0.6) is 0 Å². The molecule has 0 fully saturated rings. The zero-order chi connectivity index (χ0) is 15.1. The average Bonchev–Trinajstić information content (AvgIpc) is 2.41. The van der Waals surface area contributed by atoms with E-state index >= 15 is 0 Å². The summed E-state index contributed by atoms with van der Waals surface area (Å²) in [5, 5.41) is 11.6. The van der Waals surface area contributed by atoms with E-state index in [0.29, 0.717) is 12.3 Å². The van der Waals surface area contributed by atoms with Crippen LogP contribution in [0.3, 0.4) is 0 Å². The van der Waals surface area contributed by atoms with Crippen molar-refractivity contribution in [1.82, 2.24) is 0 Å². The fourth-order valence-corrected chi connectivity index (χ4v) is 1.65. The topological polar surface area (TPSA) is 49.3 Å². The van der Waals surface area contributed by atoms with Gasteiger partial charge in [0, 0.05) is 23.6 Å². The largest absolute Gasteiger partial charge is 0.395 e. The minimum absolute atomic E-state index is 0.0153. The zero-order valence-corrected chi connectivity index (χ0v) is 12.7. The van der Waals surface area contributed by atoms with Crippen LogP contribution >= 0.6 is 0 Å². The van der Waals surface area contributed by atoms with E-state index in [1.165, 1.54) is 0 Å². The SMILES string of the molecule is Cc1cc(C#CCCO)ccc1NC(=O)C(C)C(C)C. The van der Waals surface area contributed by atoms with Crippen LogP contribution in [0.15, 0.2) is 18.2 Å². The Morgan fingerprint density at radius 3 is 2.60 bits per heavy atom. The first kappa shape index (κ1) is 16.3. The van der Waals surface area contributed by atoms with Gasteiger partial charge in [0.15, 0.2) is 0 Å². The van der Waals surface area contributed by atoms with Crippen LogP contribution in [0.25, 0.3) is 0 Å². The van der Waals surface area contributed by atoms with Crippen molar-refractivity contribution in [3.63, 3.8) is 0 Å². The maximum absolute atomic E-state index is 12.0. The molecule has 1 unspecified atom stereocenters. The van der Waals surface area contributed by atoms with E-state index in [2.05, 4.69) is 17.2 Å². The van der Waals surface area contributed by atoms with Gasteiger partial charge < -0.3 is 10.4 Å². The van der Waals surface area contributed by atoms with Gasteiger partial charge in [-0.1, -0.05) is 32.6 Å². The Kier molecular flexibility index (Phi) is 6.27. The number of aliphatic hydroxyl groups excluding tert-OH is 1. The predicted octanol–water partition coefficient (Wildman–Crippen LogP) is 2.96. The van der Waals surface area contributed by atoms with E-state index < -0.39 is 0 Å². The molecule has 2 N–H and O–H groups in total. The molecular weight excluding hydrogens is 250 g/mol. The zero-order valence-electron chi connectivity index (χ0n) is 12.7. The van der Waals surface area contributed by atoms with Gasteiger partial charge in [0.25, 0.3) is 0 Å². The van der Waals surface area contributed by atoms with E-state index in [1.54, 1.807) is 0 Å². The number of hydrogen-bond acceptors (Lipinski definition) is 2. The highest BCUT2D eigenvalue weighted by molar-refractivity contribution is 5.93. The van der Waals surface area contributed by atoms with Crippen molar-refractivity contribution in [2.45, 2.75) is 34.1 Å². The van der Waals surface area contributed by atoms with E-state index in [1.807, 2.05) is 45.9 Å². The van der Waals surface area contributed by atoms with Gasteiger partial charge in [-0.05, 0) is 36.6 Å². The van der Waals surface area contributed by atoms with Crippen LogP contribution in [0.2, 0.25) is 0 Å². The molecule has 1 amide bonds. The van der Waals surface area contributed by atoms with Gasteiger partial charge in [-0.3, -0.25) is 4.79 Å². The minimum Gasteiger partial charge on any atom is -0.395 e. The van der Waals surface area contributed by atoms with E-state index in [9.17, 15) is 4.79 Å². The molecule has 108 valence electrons. The van der Waals surface area contributed by atoms with Crippen LogP contribution in [-0.2, 0) is 4.79 Å². The molecule has 0 saturated heterocycles. The summed E-state index contributed by atoms with van der Waals surface area (Å²) in [6.45, 7) is 8.04. The number of carbonyl (C=O) groups is 1. The molecule has 3 heteroatoms. The second-order valence-corrected chi connectivity index (χ2v) is 5.33. The highest BCUT2D eigenvalue weighted by atomic mass is 16.2. The fraction of sp³-hybridized carbons (Fsp3) is 0.471. The molecule has 0 aliphatic rings. The van der Waals surface area contributed by atoms with Gasteiger partial charge in [0.05, 0.1) is 6.61 Å². The van der Waals surface area contributed by atoms with Crippen LogP contribution in [-0.4, -0.2) is 17.6 Å². The Morgan fingerprint density at radius 1 is 1.35 bits per heavy atom. The van der Waals surface area contributed by atoms with Crippen molar-refractivity contribution in [1.29, 1.82) is 0 Å². The maximum Gasteiger partial charge on any atom is 0.227 e. The molecule has 0 bridgehead atoms. The Balaban J connectivity index is 2.79. The first-order chi connectivity index (χ1) is 9.45. The Bertz CT molecular complexity index is 524. The number of anilines is 1. The number of amides is 1. The molecule has 1 aromatic carbocycles. The number of aryl methyl sites for hydroxylation is 1. The second-order valence-electron chi connectivity index (χ2n) is 5.33. The third kappa shape index (κ3) is 4.71. The summed E-state index contributed by atoms with van der Waals surface area (Å²) < 4.78 is 0. The molecule has 3 nitrogen and oxygen atoms in total. The van der Waals surface area contributed by atoms with Crippen LogP contribution < -0.4 is 5.32 Å². The highest BCUT2D eigenvalue weighted by Crippen LogP contribution is 2.19. The van der Waals surface area contributed by atoms with Crippen molar-refractivity contribution in [2.24, 2.45) is 11.8 Å². The van der Waals surface area contributed by atoms with E-state index in [-0.39, 0.29) is 18.4 Å². The second kappa shape index (κ2) is 7.72. The summed E-state index contributed by atoms with van der Waals surface area (Å²) >= 11 is 0. The summed E-state index contributed by atoms with van der Waals surface area (Å²) in [5.41, 5.74) is 2.71. The number of benzene rings is 1. The molecule has 0 saturated carbocycles. The number of carbonyl (C=O) groups excluding carboxylic acids is 1. The third-order valence-electron chi connectivity index (χ3n) is 3.37. The molecule has 0 aromatic heterocycles. The molecule has 1 aromatic rings. The summed E-state index contributed by atoms with van der Waals surface area (Å²) in [6.07, 6.45) is 0.476. The molecule has 0 heterocycles. The van der Waals surface area contributed by atoms with E-state index in [0.717, 1.165) is 16.8 Å². The Morgan fingerprint density at radius 2 is 2.05 bits per heavy atom. The van der Waals surface area contributed by atoms with Gasteiger partial charge in [0.2, 0.25) is 5.91 Å². The first-order valence-corrected chi connectivity index (χ1v) is 6.97. The molecule has 1 rings (SSSR count). The first-order valence-electron chi connectivity index (χ1n) is 6.97. The fourth-order valence-electron chi connectivity index (χ4n) is 1.65. The van der Waals surface area contributed by atoms with Crippen LogP contribution in [0, 0.1) is 30.6 Å². The van der Waals surface area contributed by atoms with Gasteiger partial charge in [0.1, 0.15) is 0 Å². The number of nitrogens with one attached hydrogen (secondary N) is 1. The highest BCUT2D eigenvalue weighted by Gasteiger charge is 2.17. The van der Waals surface area contributed by atoms with Crippen LogP contribution in [0.1, 0.15) is 38.3 Å². The average molecular weight is 273 g/mol. The summed E-state index contributed by atoms with van der Waals surface area (Å²) in [5.74, 6) is 6.22. The van der Waals surface area contributed by atoms with Crippen LogP contribution in [0.4, 0.5) is 5.69 Å². The quantitative estimate of drug-likeness (QED) is 0.829.